The van der Waals surface area contributed by atoms with Crippen LogP contribution in [0.25, 0.3) is 0 Å². The van der Waals surface area contributed by atoms with Gasteiger partial charge in [0, 0.05) is 11.1 Å². The Morgan fingerprint density at radius 2 is 1.37 bits per heavy atom. The van der Waals surface area contributed by atoms with Crippen molar-refractivity contribution in [2.45, 2.75) is 13.3 Å². The molecule has 0 fully saturated rings. The van der Waals surface area contributed by atoms with Crippen LogP contribution in [0.1, 0.15) is 38.3 Å². The molecule has 4 heteroatoms. The van der Waals surface area contributed by atoms with E-state index in [9.17, 15) is 9.59 Å². The summed E-state index contributed by atoms with van der Waals surface area (Å²) >= 11 is 0. The second-order valence-corrected chi connectivity index (χ2v) is 6.20. The van der Waals surface area contributed by atoms with E-state index in [4.69, 9.17) is 0 Å². The highest BCUT2D eigenvalue weighted by Gasteiger charge is 2.13. The number of hydrazone groups is 1. The minimum Gasteiger partial charge on any atom is -0.294 e. The van der Waals surface area contributed by atoms with Crippen LogP contribution in [-0.2, 0) is 0 Å². The average molecular weight is 356 g/mol. The average Bonchev–Trinajstić information content (AvgIpc) is 2.72. The molecular formula is C23H20N2O2. The number of amides is 1. The van der Waals surface area contributed by atoms with Gasteiger partial charge < -0.3 is 0 Å². The van der Waals surface area contributed by atoms with Gasteiger partial charge in [0.1, 0.15) is 0 Å². The molecular weight excluding hydrogens is 336 g/mol. The molecule has 3 rings (SSSR count). The smallest absolute Gasteiger partial charge is 0.271 e. The first-order valence-corrected chi connectivity index (χ1v) is 8.71. The zero-order valence-corrected chi connectivity index (χ0v) is 15.1. The van der Waals surface area contributed by atoms with E-state index in [1.165, 1.54) is 0 Å². The molecule has 0 aromatic heterocycles. The number of carbonyl (C=O) groups is 2. The lowest BCUT2D eigenvalue weighted by Gasteiger charge is -2.08. The molecule has 134 valence electrons. The van der Waals surface area contributed by atoms with Crippen molar-refractivity contribution in [2.75, 3.05) is 0 Å². The molecule has 0 radical (unpaired) electrons. The van der Waals surface area contributed by atoms with Crippen LogP contribution in [-0.4, -0.2) is 17.4 Å². The Labute approximate surface area is 158 Å². The van der Waals surface area contributed by atoms with Crippen LogP contribution >= 0.6 is 0 Å². The first-order valence-electron chi connectivity index (χ1n) is 8.71. The van der Waals surface area contributed by atoms with E-state index in [0.29, 0.717) is 16.8 Å². The van der Waals surface area contributed by atoms with Gasteiger partial charge in [0.25, 0.3) is 5.91 Å². The van der Waals surface area contributed by atoms with Gasteiger partial charge in [-0.15, -0.1) is 0 Å². The van der Waals surface area contributed by atoms with Crippen molar-refractivity contribution in [1.29, 1.82) is 0 Å². The van der Waals surface area contributed by atoms with Crippen molar-refractivity contribution >= 4 is 17.4 Å². The number of hydrogen-bond acceptors (Lipinski definition) is 3. The van der Waals surface area contributed by atoms with Gasteiger partial charge in [-0.1, -0.05) is 78.4 Å². The van der Waals surface area contributed by atoms with Crippen LogP contribution in [0, 0.1) is 6.92 Å². The molecule has 0 aliphatic carbocycles. The number of ketones is 1. The predicted octanol–water partition coefficient (Wildman–Crippen LogP) is 4.40. The third kappa shape index (κ3) is 4.98. The normalized spacial score (nSPS) is 11.1. The van der Waals surface area contributed by atoms with Crippen molar-refractivity contribution in [2.24, 2.45) is 5.10 Å². The summed E-state index contributed by atoms with van der Waals surface area (Å²) in [6.45, 7) is 1.92. The number of aryl methyl sites for hydroxylation is 1. The Hall–Kier alpha value is -3.53. The second kappa shape index (κ2) is 8.72. The van der Waals surface area contributed by atoms with Gasteiger partial charge in [-0.25, -0.2) is 5.43 Å². The molecule has 0 atom stereocenters. The Morgan fingerprint density at radius 1 is 0.778 bits per heavy atom. The quantitative estimate of drug-likeness (QED) is 0.404. The zero-order chi connectivity index (χ0) is 19.1. The number of nitrogens with one attached hydrogen (secondary N) is 1. The molecule has 1 N–H and O–H groups in total. The topological polar surface area (TPSA) is 58.5 Å². The lowest BCUT2D eigenvalue weighted by molar-refractivity contribution is 0.0951. The van der Waals surface area contributed by atoms with E-state index in [0.717, 1.165) is 11.1 Å². The fourth-order valence-corrected chi connectivity index (χ4v) is 2.68. The largest absolute Gasteiger partial charge is 0.294 e. The van der Waals surface area contributed by atoms with Gasteiger partial charge in [-0.05, 0) is 24.6 Å². The summed E-state index contributed by atoms with van der Waals surface area (Å²) in [5, 5.41) is 4.26. The van der Waals surface area contributed by atoms with Gasteiger partial charge in [-0.2, -0.15) is 5.10 Å². The van der Waals surface area contributed by atoms with Crippen LogP contribution in [0.4, 0.5) is 0 Å². The van der Waals surface area contributed by atoms with Crippen molar-refractivity contribution in [3.63, 3.8) is 0 Å². The number of rotatable bonds is 6. The molecule has 3 aromatic rings. The van der Waals surface area contributed by atoms with Crippen LogP contribution in [0.2, 0.25) is 0 Å². The van der Waals surface area contributed by atoms with E-state index in [1.807, 2.05) is 67.6 Å². The molecule has 0 spiro atoms. The van der Waals surface area contributed by atoms with Gasteiger partial charge >= 0.3 is 0 Å². The van der Waals surface area contributed by atoms with Crippen molar-refractivity contribution in [3.8, 4) is 0 Å². The standard InChI is InChI=1S/C23H20N2O2/c1-17-9-8-14-20(15-17)23(27)25-24-21(18-10-4-2-5-11-18)16-22(26)19-12-6-3-7-13-19/h2-15H,16H2,1H3,(H,25,27)/b24-21-. The monoisotopic (exact) mass is 356 g/mol. The third-order valence-electron chi connectivity index (χ3n) is 4.10. The highest BCUT2D eigenvalue weighted by atomic mass is 16.2. The summed E-state index contributed by atoms with van der Waals surface area (Å²) in [5.74, 6) is -0.359. The molecule has 1 amide bonds. The maximum absolute atomic E-state index is 12.6. The molecule has 27 heavy (non-hydrogen) atoms. The molecule has 3 aromatic carbocycles. The summed E-state index contributed by atoms with van der Waals surface area (Å²) in [6, 6.07) is 25.7. The summed E-state index contributed by atoms with van der Waals surface area (Å²) in [6.07, 6.45) is 0.0993. The van der Waals surface area contributed by atoms with E-state index in [1.54, 1.807) is 24.3 Å². The fraction of sp³-hybridized carbons (Fsp3) is 0.0870. The lowest BCUT2D eigenvalue weighted by Crippen LogP contribution is -2.21. The highest BCUT2D eigenvalue weighted by Crippen LogP contribution is 2.10. The lowest BCUT2D eigenvalue weighted by atomic mass is 10.0. The molecule has 0 bridgehead atoms. The number of benzene rings is 3. The summed E-state index contributed by atoms with van der Waals surface area (Å²) in [7, 11) is 0. The Kier molecular flexibility index (Phi) is 5.90. The molecule has 0 saturated carbocycles. The third-order valence-corrected chi connectivity index (χ3v) is 4.10. The summed E-state index contributed by atoms with van der Waals surface area (Å²) in [5.41, 5.74) is 6.03. The molecule has 0 aliphatic rings. The van der Waals surface area contributed by atoms with Crippen LogP contribution in [0.5, 0.6) is 0 Å². The predicted molar refractivity (Wildman–Crippen MR) is 107 cm³/mol. The van der Waals surface area contributed by atoms with Crippen molar-refractivity contribution < 1.29 is 9.59 Å². The maximum atomic E-state index is 12.6. The molecule has 0 unspecified atom stereocenters. The SMILES string of the molecule is Cc1cccc(C(=O)N/N=C(/CC(=O)c2ccccc2)c2ccccc2)c1. The van der Waals surface area contributed by atoms with Crippen LogP contribution in [0.3, 0.4) is 0 Å². The van der Waals surface area contributed by atoms with Gasteiger partial charge in [0.15, 0.2) is 5.78 Å². The second-order valence-electron chi connectivity index (χ2n) is 6.20. The minimum atomic E-state index is -0.306. The van der Waals surface area contributed by atoms with E-state index in [2.05, 4.69) is 10.5 Å². The minimum absolute atomic E-state index is 0.0528. The molecule has 4 nitrogen and oxygen atoms in total. The van der Waals surface area contributed by atoms with E-state index < -0.39 is 0 Å². The van der Waals surface area contributed by atoms with E-state index in [-0.39, 0.29) is 18.1 Å². The first-order chi connectivity index (χ1) is 13.1. The first kappa shape index (κ1) is 18.3. The molecule has 0 saturated heterocycles. The van der Waals surface area contributed by atoms with Crippen molar-refractivity contribution in [3.05, 3.63) is 107 Å². The Balaban J connectivity index is 1.83. The number of carbonyl (C=O) groups excluding carboxylic acids is 2. The van der Waals surface area contributed by atoms with Gasteiger partial charge in [0.2, 0.25) is 0 Å². The Morgan fingerprint density at radius 3 is 2.00 bits per heavy atom. The summed E-state index contributed by atoms with van der Waals surface area (Å²) < 4.78 is 0. The number of hydrogen-bond donors (Lipinski definition) is 1. The highest BCUT2D eigenvalue weighted by molar-refractivity contribution is 6.16. The number of nitrogens with zero attached hydrogens (tertiary/aromatic N) is 1. The number of Topliss-reactive ketones (excluding diaryl/α,β-unsaturated/α-hetero) is 1. The fourth-order valence-electron chi connectivity index (χ4n) is 2.68. The zero-order valence-electron chi connectivity index (χ0n) is 15.1. The molecule has 0 aliphatic heterocycles. The molecule has 0 heterocycles. The van der Waals surface area contributed by atoms with Crippen LogP contribution in [0.15, 0.2) is 90.0 Å². The van der Waals surface area contributed by atoms with Gasteiger partial charge in [0.05, 0.1) is 12.1 Å². The van der Waals surface area contributed by atoms with Crippen molar-refractivity contribution in [1.82, 2.24) is 5.43 Å². The van der Waals surface area contributed by atoms with Crippen LogP contribution < -0.4 is 5.43 Å². The maximum Gasteiger partial charge on any atom is 0.271 e. The summed E-state index contributed by atoms with van der Waals surface area (Å²) in [4.78, 5) is 25.0. The Bertz CT molecular complexity index is 964. The van der Waals surface area contributed by atoms with Gasteiger partial charge in [-0.3, -0.25) is 9.59 Å². The van der Waals surface area contributed by atoms with E-state index >= 15 is 0 Å².